The third-order valence-corrected chi connectivity index (χ3v) is 5.49. The van der Waals surface area contributed by atoms with Gasteiger partial charge in [-0.25, -0.2) is 0 Å². The summed E-state index contributed by atoms with van der Waals surface area (Å²) in [7, 11) is 0. The molecule has 0 aliphatic heterocycles. The van der Waals surface area contributed by atoms with E-state index in [2.05, 4.69) is 53.8 Å². The average molecular weight is 354 g/mol. The van der Waals surface area contributed by atoms with Crippen LogP contribution < -0.4 is 5.32 Å². The predicted octanol–water partition coefficient (Wildman–Crippen LogP) is 4.71. The van der Waals surface area contributed by atoms with E-state index in [4.69, 9.17) is 0 Å². The van der Waals surface area contributed by atoms with Crippen molar-refractivity contribution in [2.24, 2.45) is 5.41 Å². The van der Waals surface area contributed by atoms with Crippen molar-refractivity contribution in [1.29, 1.82) is 0 Å². The summed E-state index contributed by atoms with van der Waals surface area (Å²) in [6, 6.07) is 21.2. The standard InChI is InChI=1S/C23H31NO2/c1-3-23(4-2,22(25)26)18-24-21(17-20-13-9-6-10-14-20)16-15-19-11-7-5-8-12-19/h5-14,21,24H,3-4,15-18H2,1-2H3,(H,25,26). The van der Waals surface area contributed by atoms with Crippen molar-refractivity contribution in [1.82, 2.24) is 5.32 Å². The molecule has 0 amide bonds. The number of carboxylic acids is 1. The van der Waals surface area contributed by atoms with Gasteiger partial charge in [0.1, 0.15) is 0 Å². The molecule has 0 heterocycles. The lowest BCUT2D eigenvalue weighted by Gasteiger charge is -2.30. The summed E-state index contributed by atoms with van der Waals surface area (Å²) in [5, 5.41) is 13.3. The minimum absolute atomic E-state index is 0.259. The monoisotopic (exact) mass is 353 g/mol. The fraction of sp³-hybridized carbons (Fsp3) is 0.435. The molecule has 0 aliphatic rings. The Morgan fingerprint density at radius 1 is 0.962 bits per heavy atom. The van der Waals surface area contributed by atoms with Crippen molar-refractivity contribution in [2.75, 3.05) is 6.54 Å². The van der Waals surface area contributed by atoms with E-state index in [1.807, 2.05) is 26.0 Å². The lowest BCUT2D eigenvalue weighted by atomic mass is 9.82. The van der Waals surface area contributed by atoms with Crippen LogP contribution in [-0.4, -0.2) is 23.7 Å². The highest BCUT2D eigenvalue weighted by atomic mass is 16.4. The van der Waals surface area contributed by atoms with Crippen LogP contribution in [-0.2, 0) is 17.6 Å². The first-order valence-corrected chi connectivity index (χ1v) is 9.64. The molecule has 3 nitrogen and oxygen atoms in total. The van der Waals surface area contributed by atoms with Gasteiger partial charge in [-0.05, 0) is 43.2 Å². The molecular weight excluding hydrogens is 322 g/mol. The minimum Gasteiger partial charge on any atom is -0.481 e. The van der Waals surface area contributed by atoms with Gasteiger partial charge in [-0.15, -0.1) is 0 Å². The lowest BCUT2D eigenvalue weighted by molar-refractivity contribution is -0.149. The van der Waals surface area contributed by atoms with Crippen molar-refractivity contribution in [2.45, 2.75) is 52.0 Å². The second kappa shape index (κ2) is 10.1. The van der Waals surface area contributed by atoms with Crippen LogP contribution in [0.25, 0.3) is 0 Å². The van der Waals surface area contributed by atoms with Crippen LogP contribution in [0.4, 0.5) is 0 Å². The number of carbonyl (C=O) groups is 1. The first kappa shape index (κ1) is 20.2. The molecule has 0 aliphatic carbocycles. The predicted molar refractivity (Wildman–Crippen MR) is 107 cm³/mol. The summed E-state index contributed by atoms with van der Waals surface area (Å²) in [6.45, 7) is 4.45. The van der Waals surface area contributed by atoms with Crippen LogP contribution in [0.15, 0.2) is 60.7 Å². The number of rotatable bonds is 11. The molecule has 1 unspecified atom stereocenters. The molecule has 1 atom stereocenters. The van der Waals surface area contributed by atoms with E-state index in [1.165, 1.54) is 11.1 Å². The van der Waals surface area contributed by atoms with E-state index in [0.29, 0.717) is 19.4 Å². The van der Waals surface area contributed by atoms with Crippen LogP contribution in [0.3, 0.4) is 0 Å². The van der Waals surface area contributed by atoms with Gasteiger partial charge in [0.2, 0.25) is 0 Å². The van der Waals surface area contributed by atoms with E-state index in [0.717, 1.165) is 19.3 Å². The van der Waals surface area contributed by atoms with Gasteiger partial charge in [0, 0.05) is 12.6 Å². The molecule has 2 aromatic rings. The molecule has 0 radical (unpaired) electrons. The van der Waals surface area contributed by atoms with Crippen LogP contribution in [0.1, 0.15) is 44.2 Å². The zero-order chi connectivity index (χ0) is 18.8. The van der Waals surface area contributed by atoms with Gasteiger partial charge in [-0.3, -0.25) is 4.79 Å². The highest BCUT2D eigenvalue weighted by Gasteiger charge is 2.35. The Morgan fingerprint density at radius 2 is 1.50 bits per heavy atom. The highest BCUT2D eigenvalue weighted by molar-refractivity contribution is 5.74. The van der Waals surface area contributed by atoms with Crippen LogP contribution in [0.2, 0.25) is 0 Å². The number of hydrogen-bond donors (Lipinski definition) is 2. The number of carboxylic acid groups (broad SMARTS) is 1. The summed E-state index contributed by atoms with van der Waals surface area (Å²) < 4.78 is 0. The van der Waals surface area contributed by atoms with Gasteiger partial charge in [0.05, 0.1) is 5.41 Å². The maximum atomic E-state index is 11.8. The number of aryl methyl sites for hydroxylation is 1. The molecule has 0 spiro atoms. The molecule has 2 rings (SSSR count). The minimum atomic E-state index is -0.698. The van der Waals surface area contributed by atoms with Crippen molar-refractivity contribution >= 4 is 5.97 Å². The Balaban J connectivity index is 2.05. The molecule has 2 N–H and O–H groups in total. The Labute approximate surface area is 157 Å². The van der Waals surface area contributed by atoms with Crippen molar-refractivity contribution < 1.29 is 9.90 Å². The topological polar surface area (TPSA) is 49.3 Å². The molecule has 2 aromatic carbocycles. The SMILES string of the molecule is CCC(CC)(CNC(CCc1ccccc1)Cc1ccccc1)C(=O)O. The van der Waals surface area contributed by atoms with Crippen molar-refractivity contribution in [3.05, 3.63) is 71.8 Å². The maximum absolute atomic E-state index is 11.8. The Bertz CT molecular complexity index is 650. The van der Waals surface area contributed by atoms with Crippen LogP contribution in [0, 0.1) is 5.41 Å². The molecule has 0 bridgehead atoms. The number of benzene rings is 2. The fourth-order valence-electron chi connectivity index (χ4n) is 3.38. The van der Waals surface area contributed by atoms with E-state index in [1.54, 1.807) is 0 Å². The molecule has 26 heavy (non-hydrogen) atoms. The zero-order valence-electron chi connectivity index (χ0n) is 15.9. The highest BCUT2D eigenvalue weighted by Crippen LogP contribution is 2.26. The largest absolute Gasteiger partial charge is 0.481 e. The number of hydrogen-bond acceptors (Lipinski definition) is 2. The van der Waals surface area contributed by atoms with E-state index in [-0.39, 0.29) is 6.04 Å². The molecule has 0 saturated carbocycles. The van der Waals surface area contributed by atoms with Crippen LogP contribution in [0.5, 0.6) is 0 Å². The van der Waals surface area contributed by atoms with E-state index < -0.39 is 11.4 Å². The normalized spacial score (nSPS) is 12.7. The summed E-state index contributed by atoms with van der Waals surface area (Å²) in [6.07, 6.45) is 4.17. The molecular formula is C23H31NO2. The summed E-state index contributed by atoms with van der Waals surface area (Å²) >= 11 is 0. The van der Waals surface area contributed by atoms with Gasteiger partial charge in [0.25, 0.3) is 0 Å². The molecule has 3 heteroatoms. The number of nitrogens with one attached hydrogen (secondary N) is 1. The fourth-order valence-corrected chi connectivity index (χ4v) is 3.38. The molecule has 0 fully saturated rings. The summed E-state index contributed by atoms with van der Waals surface area (Å²) in [5.74, 6) is -0.698. The molecule has 0 aromatic heterocycles. The van der Waals surface area contributed by atoms with E-state index >= 15 is 0 Å². The maximum Gasteiger partial charge on any atom is 0.310 e. The second-order valence-electron chi connectivity index (χ2n) is 7.08. The Kier molecular flexibility index (Phi) is 7.86. The van der Waals surface area contributed by atoms with Gasteiger partial charge in [-0.1, -0.05) is 74.5 Å². The molecule has 0 saturated heterocycles. The van der Waals surface area contributed by atoms with Crippen molar-refractivity contribution in [3.8, 4) is 0 Å². The van der Waals surface area contributed by atoms with Gasteiger partial charge < -0.3 is 10.4 Å². The Hall–Kier alpha value is -2.13. The van der Waals surface area contributed by atoms with Gasteiger partial charge in [-0.2, -0.15) is 0 Å². The zero-order valence-corrected chi connectivity index (χ0v) is 15.9. The first-order valence-electron chi connectivity index (χ1n) is 9.64. The van der Waals surface area contributed by atoms with Gasteiger partial charge in [0.15, 0.2) is 0 Å². The lowest BCUT2D eigenvalue weighted by Crippen LogP contribution is -2.44. The average Bonchev–Trinajstić information content (AvgIpc) is 2.68. The third-order valence-electron chi connectivity index (χ3n) is 5.49. The number of aliphatic carboxylic acids is 1. The summed E-state index contributed by atoms with van der Waals surface area (Å²) in [4.78, 5) is 11.8. The van der Waals surface area contributed by atoms with Crippen molar-refractivity contribution in [3.63, 3.8) is 0 Å². The van der Waals surface area contributed by atoms with E-state index in [9.17, 15) is 9.90 Å². The van der Waals surface area contributed by atoms with Crippen LogP contribution >= 0.6 is 0 Å². The Morgan fingerprint density at radius 3 is 2.00 bits per heavy atom. The smallest absolute Gasteiger partial charge is 0.310 e. The molecule has 140 valence electrons. The second-order valence-corrected chi connectivity index (χ2v) is 7.08. The summed E-state index contributed by atoms with van der Waals surface area (Å²) in [5.41, 5.74) is 1.93. The van der Waals surface area contributed by atoms with Gasteiger partial charge >= 0.3 is 5.97 Å². The third kappa shape index (κ3) is 5.70. The quantitative estimate of drug-likeness (QED) is 0.615. The first-order chi connectivity index (χ1) is 12.6.